The Labute approximate surface area is 210 Å². The van der Waals surface area contributed by atoms with Crippen molar-refractivity contribution in [3.05, 3.63) is 77.7 Å². The smallest absolute Gasteiger partial charge is 0.258 e. The van der Waals surface area contributed by atoms with Crippen LogP contribution in [0.4, 0.5) is 10.3 Å². The lowest BCUT2D eigenvalue weighted by atomic mass is 9.93. The highest BCUT2D eigenvalue weighted by molar-refractivity contribution is 7.99. The molecule has 0 bridgehead atoms. The van der Waals surface area contributed by atoms with Gasteiger partial charge in [-0.1, -0.05) is 61.7 Å². The fourth-order valence-electron chi connectivity index (χ4n) is 5.00. The first-order valence-electron chi connectivity index (χ1n) is 12.5. The average Bonchev–Trinajstić information content (AvgIpc) is 2.93. The van der Waals surface area contributed by atoms with Gasteiger partial charge in [0, 0.05) is 48.9 Å². The van der Waals surface area contributed by atoms with Crippen LogP contribution in [0.25, 0.3) is 11.3 Å². The number of halogens is 1. The van der Waals surface area contributed by atoms with E-state index in [4.69, 9.17) is 4.98 Å². The first-order chi connectivity index (χ1) is 17.2. The van der Waals surface area contributed by atoms with Gasteiger partial charge < -0.3 is 9.80 Å². The van der Waals surface area contributed by atoms with Gasteiger partial charge in [-0.05, 0) is 30.5 Å². The zero-order chi connectivity index (χ0) is 24.0. The molecule has 5 nitrogen and oxygen atoms in total. The van der Waals surface area contributed by atoms with E-state index in [1.54, 1.807) is 24.4 Å². The maximum Gasteiger partial charge on any atom is 0.258 e. The summed E-state index contributed by atoms with van der Waals surface area (Å²) in [5.41, 5.74) is 2.17. The van der Waals surface area contributed by atoms with Gasteiger partial charge in [-0.3, -0.25) is 4.79 Å². The molecule has 5 rings (SSSR count). The van der Waals surface area contributed by atoms with Gasteiger partial charge in [0.2, 0.25) is 5.95 Å². The number of anilines is 1. The fourth-order valence-corrected chi connectivity index (χ4v) is 5.90. The lowest BCUT2D eigenvalue weighted by Gasteiger charge is -2.35. The predicted octanol–water partition coefficient (Wildman–Crippen LogP) is 5.81. The van der Waals surface area contributed by atoms with E-state index >= 15 is 0 Å². The van der Waals surface area contributed by atoms with Crippen molar-refractivity contribution in [1.29, 1.82) is 0 Å². The van der Waals surface area contributed by atoms with Crippen LogP contribution in [-0.2, 0) is 6.54 Å². The van der Waals surface area contributed by atoms with Gasteiger partial charge in [0.15, 0.2) is 0 Å². The molecule has 2 aliphatic rings. The standard InChI is InChI=1S/C28H31FN4OS/c29-25-14-8-7-13-23(25)26-24(19-30-28(31-26)32-15-17-35-18-16-32)27(34)33(22-11-5-2-6-12-22)20-21-9-3-1-4-10-21/h1,3-4,7-10,13-14,19,22H,2,5-6,11-12,15-18,20H2. The quantitative estimate of drug-likeness (QED) is 0.436. The van der Waals surface area contributed by atoms with Crippen LogP contribution in [-0.4, -0.2) is 51.4 Å². The summed E-state index contributed by atoms with van der Waals surface area (Å²) in [5, 5.41) is 0. The van der Waals surface area contributed by atoms with Crippen molar-refractivity contribution in [3.63, 3.8) is 0 Å². The van der Waals surface area contributed by atoms with Gasteiger partial charge in [-0.2, -0.15) is 11.8 Å². The molecule has 35 heavy (non-hydrogen) atoms. The second-order valence-corrected chi connectivity index (χ2v) is 10.4. The van der Waals surface area contributed by atoms with Crippen LogP contribution in [0.3, 0.4) is 0 Å². The van der Waals surface area contributed by atoms with Crippen molar-refractivity contribution in [3.8, 4) is 11.3 Å². The number of carbonyl (C=O) groups excluding carboxylic acids is 1. The maximum absolute atomic E-state index is 15.0. The first-order valence-corrected chi connectivity index (χ1v) is 13.7. The Bertz CT molecular complexity index is 1150. The molecule has 0 unspecified atom stereocenters. The van der Waals surface area contributed by atoms with Crippen molar-refractivity contribution in [2.24, 2.45) is 0 Å². The number of thioether (sulfide) groups is 1. The molecular weight excluding hydrogens is 459 g/mol. The SMILES string of the molecule is O=C(c1cnc(N2CCSCC2)nc1-c1ccccc1F)N(Cc1ccccc1)C1CCCCC1. The van der Waals surface area contributed by atoms with Crippen LogP contribution in [0.2, 0.25) is 0 Å². The van der Waals surface area contributed by atoms with Crippen LogP contribution >= 0.6 is 11.8 Å². The molecule has 1 saturated carbocycles. The minimum Gasteiger partial charge on any atom is -0.339 e. The number of nitrogens with zero attached hydrogens (tertiary/aromatic N) is 4. The molecule has 2 aromatic carbocycles. The molecule has 2 heterocycles. The third-order valence-electron chi connectivity index (χ3n) is 6.90. The summed E-state index contributed by atoms with van der Waals surface area (Å²) < 4.78 is 15.0. The van der Waals surface area contributed by atoms with Gasteiger partial charge in [-0.25, -0.2) is 14.4 Å². The molecule has 1 aliphatic heterocycles. The van der Waals surface area contributed by atoms with Crippen molar-refractivity contribution in [2.75, 3.05) is 29.5 Å². The van der Waals surface area contributed by atoms with Crippen LogP contribution in [0.5, 0.6) is 0 Å². The van der Waals surface area contributed by atoms with Crippen LogP contribution < -0.4 is 4.90 Å². The number of rotatable bonds is 6. The Morgan fingerprint density at radius 3 is 2.46 bits per heavy atom. The summed E-state index contributed by atoms with van der Waals surface area (Å²) in [6, 6.07) is 16.8. The van der Waals surface area contributed by atoms with E-state index in [-0.39, 0.29) is 17.8 Å². The molecule has 1 saturated heterocycles. The molecule has 0 radical (unpaired) electrons. The lowest BCUT2D eigenvalue weighted by molar-refractivity contribution is 0.0614. The van der Waals surface area contributed by atoms with E-state index in [1.165, 1.54) is 12.5 Å². The van der Waals surface area contributed by atoms with Crippen LogP contribution in [0, 0.1) is 5.82 Å². The van der Waals surface area contributed by atoms with Gasteiger partial charge >= 0.3 is 0 Å². The molecule has 0 spiro atoms. The van der Waals surface area contributed by atoms with E-state index < -0.39 is 0 Å². The number of aromatic nitrogens is 2. The van der Waals surface area contributed by atoms with Crippen molar-refractivity contribution in [2.45, 2.75) is 44.7 Å². The lowest BCUT2D eigenvalue weighted by Crippen LogP contribution is -2.41. The fraction of sp³-hybridized carbons (Fsp3) is 0.393. The van der Waals surface area contributed by atoms with E-state index in [9.17, 15) is 9.18 Å². The third kappa shape index (κ3) is 5.50. The summed E-state index contributed by atoms with van der Waals surface area (Å²) in [6.07, 6.45) is 7.03. The molecule has 1 amide bonds. The number of hydrogen-bond donors (Lipinski definition) is 0. The third-order valence-corrected chi connectivity index (χ3v) is 7.84. The molecule has 2 fully saturated rings. The van der Waals surface area contributed by atoms with E-state index in [0.717, 1.165) is 55.8 Å². The molecule has 1 aliphatic carbocycles. The van der Waals surface area contributed by atoms with E-state index in [2.05, 4.69) is 22.0 Å². The molecular formula is C28H31FN4OS. The van der Waals surface area contributed by atoms with Gasteiger partial charge in [0.05, 0.1) is 11.3 Å². The predicted molar refractivity (Wildman–Crippen MR) is 140 cm³/mol. The summed E-state index contributed by atoms with van der Waals surface area (Å²) in [7, 11) is 0. The van der Waals surface area contributed by atoms with Crippen molar-refractivity contribution in [1.82, 2.24) is 14.9 Å². The Kier molecular flexibility index (Phi) is 7.62. The molecule has 3 aromatic rings. The highest BCUT2D eigenvalue weighted by Gasteiger charge is 2.30. The minimum absolute atomic E-state index is 0.125. The summed E-state index contributed by atoms with van der Waals surface area (Å²) in [5.74, 6) is 2.07. The molecule has 0 atom stereocenters. The van der Waals surface area contributed by atoms with Gasteiger partial charge in [0.25, 0.3) is 5.91 Å². The van der Waals surface area contributed by atoms with Gasteiger partial charge in [-0.15, -0.1) is 0 Å². The summed E-state index contributed by atoms with van der Waals surface area (Å²) in [6.45, 7) is 2.21. The summed E-state index contributed by atoms with van der Waals surface area (Å²) in [4.78, 5) is 27.6. The van der Waals surface area contributed by atoms with Gasteiger partial charge in [0.1, 0.15) is 5.82 Å². The average molecular weight is 491 g/mol. The Morgan fingerprint density at radius 2 is 1.71 bits per heavy atom. The monoisotopic (exact) mass is 490 g/mol. The Morgan fingerprint density at radius 1 is 1.00 bits per heavy atom. The maximum atomic E-state index is 15.0. The summed E-state index contributed by atoms with van der Waals surface area (Å²) >= 11 is 1.91. The topological polar surface area (TPSA) is 49.3 Å². The van der Waals surface area contributed by atoms with Crippen LogP contribution in [0.1, 0.15) is 48.0 Å². The first kappa shape index (κ1) is 23.8. The second kappa shape index (κ2) is 11.2. The minimum atomic E-state index is -0.382. The normalized spacial score (nSPS) is 16.8. The zero-order valence-electron chi connectivity index (χ0n) is 19.9. The number of carbonyl (C=O) groups is 1. The van der Waals surface area contributed by atoms with Crippen molar-refractivity contribution < 1.29 is 9.18 Å². The Balaban J connectivity index is 1.55. The highest BCUT2D eigenvalue weighted by atomic mass is 32.2. The molecule has 182 valence electrons. The largest absolute Gasteiger partial charge is 0.339 e. The van der Waals surface area contributed by atoms with E-state index in [0.29, 0.717) is 29.3 Å². The van der Waals surface area contributed by atoms with Crippen LogP contribution in [0.15, 0.2) is 60.8 Å². The highest BCUT2D eigenvalue weighted by Crippen LogP contribution is 2.31. The molecule has 1 aromatic heterocycles. The number of amides is 1. The zero-order valence-corrected chi connectivity index (χ0v) is 20.7. The number of benzene rings is 2. The molecule has 0 N–H and O–H groups in total. The van der Waals surface area contributed by atoms with Crippen molar-refractivity contribution >= 4 is 23.6 Å². The number of hydrogen-bond acceptors (Lipinski definition) is 5. The Hall–Kier alpha value is -2.93. The second-order valence-electron chi connectivity index (χ2n) is 9.22. The molecule has 7 heteroatoms. The van der Waals surface area contributed by atoms with E-state index in [1.807, 2.05) is 34.9 Å².